The van der Waals surface area contributed by atoms with Crippen molar-refractivity contribution in [3.8, 4) is 11.4 Å². The van der Waals surface area contributed by atoms with Gasteiger partial charge in [0.25, 0.3) is 0 Å². The molecular weight excluding hydrogens is 278 g/mol. The highest BCUT2D eigenvalue weighted by molar-refractivity contribution is 5.78. The molecule has 2 aromatic rings. The first kappa shape index (κ1) is 13.5. The minimum Gasteiger partial charge on any atom is -0.339 e. The van der Waals surface area contributed by atoms with Gasteiger partial charge in [0.15, 0.2) is 0 Å². The van der Waals surface area contributed by atoms with Crippen molar-refractivity contribution in [2.75, 3.05) is 6.54 Å². The van der Waals surface area contributed by atoms with Gasteiger partial charge in [0.2, 0.25) is 17.6 Å². The van der Waals surface area contributed by atoms with Crippen molar-refractivity contribution in [3.63, 3.8) is 0 Å². The second-order valence-electron chi connectivity index (χ2n) is 6.28. The molecule has 1 amide bonds. The number of hydrogen-bond acceptors (Lipinski definition) is 4. The Morgan fingerprint density at radius 1 is 1.23 bits per heavy atom. The molecule has 1 atom stereocenters. The largest absolute Gasteiger partial charge is 0.339 e. The van der Waals surface area contributed by atoms with Gasteiger partial charge in [0, 0.05) is 24.6 Å². The molecule has 2 aliphatic rings. The summed E-state index contributed by atoms with van der Waals surface area (Å²) in [6, 6.07) is 8.48. The fourth-order valence-electron chi connectivity index (χ4n) is 3.15. The van der Waals surface area contributed by atoms with Gasteiger partial charge in [-0.15, -0.1) is 0 Å². The summed E-state index contributed by atoms with van der Waals surface area (Å²) < 4.78 is 5.50. The third-order valence-electron chi connectivity index (χ3n) is 4.61. The number of carbonyl (C=O) groups is 1. The average Bonchev–Trinajstić information content (AvgIpc) is 3.25. The molecule has 0 unspecified atom stereocenters. The van der Waals surface area contributed by atoms with E-state index in [1.165, 1.54) is 0 Å². The topological polar surface area (TPSA) is 59.2 Å². The summed E-state index contributed by atoms with van der Waals surface area (Å²) in [5.74, 6) is 1.75. The second kappa shape index (κ2) is 5.23. The number of carbonyl (C=O) groups excluding carboxylic acids is 1. The number of hydrogen-bond donors (Lipinski definition) is 0. The van der Waals surface area contributed by atoms with Crippen LogP contribution in [-0.4, -0.2) is 33.5 Å². The quantitative estimate of drug-likeness (QED) is 0.874. The lowest BCUT2D eigenvalue weighted by molar-refractivity contribution is -0.134. The van der Waals surface area contributed by atoms with Gasteiger partial charge >= 0.3 is 0 Å². The van der Waals surface area contributed by atoms with Gasteiger partial charge in [-0.1, -0.05) is 29.4 Å². The van der Waals surface area contributed by atoms with Crippen LogP contribution >= 0.6 is 0 Å². The smallest absolute Gasteiger partial charge is 0.231 e. The molecule has 1 saturated carbocycles. The van der Waals surface area contributed by atoms with Crippen molar-refractivity contribution in [1.29, 1.82) is 0 Å². The molecule has 114 valence electrons. The zero-order valence-electron chi connectivity index (χ0n) is 12.7. The zero-order valence-corrected chi connectivity index (χ0v) is 12.7. The number of rotatable bonds is 3. The summed E-state index contributed by atoms with van der Waals surface area (Å²) in [5.41, 5.74) is 2.14. The molecule has 1 aromatic carbocycles. The van der Waals surface area contributed by atoms with E-state index in [0.29, 0.717) is 24.2 Å². The summed E-state index contributed by atoms with van der Waals surface area (Å²) in [5, 5.41) is 4.14. The van der Waals surface area contributed by atoms with Gasteiger partial charge in [0.05, 0.1) is 5.92 Å². The predicted molar refractivity (Wildman–Crippen MR) is 81.2 cm³/mol. The van der Waals surface area contributed by atoms with Crippen molar-refractivity contribution in [2.45, 2.75) is 44.6 Å². The van der Waals surface area contributed by atoms with E-state index in [1.54, 1.807) is 0 Å². The van der Waals surface area contributed by atoms with Gasteiger partial charge in [0.1, 0.15) is 0 Å². The van der Waals surface area contributed by atoms with Crippen LogP contribution in [0.25, 0.3) is 11.4 Å². The molecule has 4 rings (SSSR count). The summed E-state index contributed by atoms with van der Waals surface area (Å²) in [6.45, 7) is 2.76. The molecule has 5 heteroatoms. The second-order valence-corrected chi connectivity index (χ2v) is 6.28. The maximum Gasteiger partial charge on any atom is 0.231 e. The number of likely N-dealkylation sites (tertiary alicyclic amines) is 1. The van der Waals surface area contributed by atoms with Crippen LogP contribution in [0.5, 0.6) is 0 Å². The molecule has 22 heavy (non-hydrogen) atoms. The minimum absolute atomic E-state index is 0.170. The number of piperidine rings is 1. The number of nitrogens with zero attached hydrogens (tertiary/aromatic N) is 3. The Balaban J connectivity index is 1.56. The Kier molecular flexibility index (Phi) is 3.21. The van der Waals surface area contributed by atoms with Crippen molar-refractivity contribution in [1.82, 2.24) is 15.0 Å². The first-order valence-electron chi connectivity index (χ1n) is 7.91. The van der Waals surface area contributed by atoms with Crippen molar-refractivity contribution >= 4 is 5.91 Å². The Morgan fingerprint density at radius 3 is 2.82 bits per heavy atom. The first-order valence-corrected chi connectivity index (χ1v) is 7.91. The van der Waals surface area contributed by atoms with E-state index < -0.39 is 0 Å². The summed E-state index contributed by atoms with van der Waals surface area (Å²) >= 11 is 0. The van der Waals surface area contributed by atoms with Crippen LogP contribution in [0.3, 0.4) is 0 Å². The Labute approximate surface area is 129 Å². The Hall–Kier alpha value is -2.17. The lowest BCUT2D eigenvalue weighted by Crippen LogP contribution is -2.40. The van der Waals surface area contributed by atoms with E-state index in [2.05, 4.69) is 10.1 Å². The lowest BCUT2D eigenvalue weighted by Gasteiger charge is -2.30. The minimum atomic E-state index is 0.170. The van der Waals surface area contributed by atoms with Crippen LogP contribution < -0.4 is 0 Å². The highest BCUT2D eigenvalue weighted by Gasteiger charge is 2.38. The van der Waals surface area contributed by atoms with Gasteiger partial charge in [-0.25, -0.2) is 0 Å². The van der Waals surface area contributed by atoms with Crippen LogP contribution in [0.1, 0.15) is 43.1 Å². The number of benzene rings is 1. The molecule has 1 aliphatic carbocycles. The van der Waals surface area contributed by atoms with Crippen LogP contribution in [0.15, 0.2) is 28.8 Å². The average molecular weight is 297 g/mol. The maximum absolute atomic E-state index is 12.0. The fraction of sp³-hybridized carbons (Fsp3) is 0.471. The molecule has 0 spiro atoms. The van der Waals surface area contributed by atoms with E-state index in [0.717, 1.165) is 36.9 Å². The summed E-state index contributed by atoms with van der Waals surface area (Å²) in [4.78, 5) is 18.6. The highest BCUT2D eigenvalue weighted by atomic mass is 16.5. The van der Waals surface area contributed by atoms with E-state index >= 15 is 0 Å². The van der Waals surface area contributed by atoms with Gasteiger partial charge in [-0.3, -0.25) is 4.79 Å². The van der Waals surface area contributed by atoms with E-state index in [4.69, 9.17) is 4.52 Å². The van der Waals surface area contributed by atoms with Crippen molar-refractivity contribution in [2.24, 2.45) is 0 Å². The third-order valence-corrected chi connectivity index (χ3v) is 4.61. The molecule has 1 aromatic heterocycles. The number of aromatic nitrogens is 2. The summed E-state index contributed by atoms with van der Waals surface area (Å²) in [7, 11) is 0. The summed E-state index contributed by atoms with van der Waals surface area (Å²) in [6.07, 6.45) is 3.66. The van der Waals surface area contributed by atoms with Gasteiger partial charge in [-0.05, 0) is 31.7 Å². The van der Waals surface area contributed by atoms with E-state index in [-0.39, 0.29) is 11.8 Å². The SMILES string of the molecule is Cc1ccccc1-c1noc([C@@H]2CCC(=O)N(C3CC3)C2)n1. The Bertz CT molecular complexity index is 705. The normalized spacial score (nSPS) is 22.1. The van der Waals surface area contributed by atoms with Gasteiger partial charge < -0.3 is 9.42 Å². The van der Waals surface area contributed by atoms with Crippen LogP contribution in [-0.2, 0) is 4.79 Å². The number of amides is 1. The van der Waals surface area contributed by atoms with E-state index in [1.807, 2.05) is 36.1 Å². The fourth-order valence-corrected chi connectivity index (χ4v) is 3.15. The molecule has 2 fully saturated rings. The molecule has 5 nitrogen and oxygen atoms in total. The van der Waals surface area contributed by atoms with Crippen LogP contribution in [0.2, 0.25) is 0 Å². The van der Waals surface area contributed by atoms with E-state index in [9.17, 15) is 4.79 Å². The predicted octanol–water partition coefficient (Wildman–Crippen LogP) is 2.91. The lowest BCUT2D eigenvalue weighted by atomic mass is 9.97. The Morgan fingerprint density at radius 2 is 2.05 bits per heavy atom. The molecule has 1 saturated heterocycles. The monoisotopic (exact) mass is 297 g/mol. The number of aryl methyl sites for hydroxylation is 1. The third kappa shape index (κ3) is 2.40. The van der Waals surface area contributed by atoms with Crippen LogP contribution in [0, 0.1) is 6.92 Å². The maximum atomic E-state index is 12.0. The molecule has 1 aliphatic heterocycles. The molecular formula is C17H19N3O2. The van der Waals surface area contributed by atoms with Crippen LogP contribution in [0.4, 0.5) is 0 Å². The molecule has 0 N–H and O–H groups in total. The highest BCUT2D eigenvalue weighted by Crippen LogP contribution is 2.35. The molecule has 2 heterocycles. The van der Waals surface area contributed by atoms with Crippen molar-refractivity contribution in [3.05, 3.63) is 35.7 Å². The molecule has 0 radical (unpaired) electrons. The first-order chi connectivity index (χ1) is 10.7. The standard InChI is InChI=1S/C17H19N3O2/c1-11-4-2-3-5-14(11)16-18-17(22-19-16)12-6-9-15(21)20(10-12)13-7-8-13/h2-5,12-13H,6-10H2,1H3/t12-/m1/s1. The van der Waals surface area contributed by atoms with Crippen molar-refractivity contribution < 1.29 is 9.32 Å². The molecule has 0 bridgehead atoms. The van der Waals surface area contributed by atoms with Gasteiger partial charge in [-0.2, -0.15) is 4.98 Å². The zero-order chi connectivity index (χ0) is 15.1.